The first kappa shape index (κ1) is 12.0. The summed E-state index contributed by atoms with van der Waals surface area (Å²) < 4.78 is 0. The molecule has 2 heteroatoms. The maximum absolute atomic E-state index is 3.57. The Labute approximate surface area is 84.4 Å². The van der Waals surface area contributed by atoms with Crippen LogP contribution in [-0.4, -0.2) is 16.9 Å². The van der Waals surface area contributed by atoms with Crippen molar-refractivity contribution in [3.63, 3.8) is 0 Å². The van der Waals surface area contributed by atoms with E-state index in [1.54, 1.807) is 0 Å². The molecule has 0 radical (unpaired) electrons. The van der Waals surface area contributed by atoms with E-state index in [-0.39, 0.29) is 5.54 Å². The molecular weight excluding hydrogens is 214 g/mol. The lowest BCUT2D eigenvalue weighted by molar-refractivity contribution is 0.488. The Bertz CT molecular complexity index is 176. The maximum atomic E-state index is 3.57. The van der Waals surface area contributed by atoms with E-state index < -0.39 is 0 Å². The number of alkyl halides is 1. The SMILES string of the molecule is CC#CC(C)(C)NCC(Br)CC. The maximum Gasteiger partial charge on any atom is 0.0744 e. The lowest BCUT2D eigenvalue weighted by atomic mass is 10.1. The van der Waals surface area contributed by atoms with E-state index in [0.717, 1.165) is 13.0 Å². The normalized spacial score (nSPS) is 13.4. The first-order chi connectivity index (χ1) is 5.52. The van der Waals surface area contributed by atoms with Gasteiger partial charge in [0.15, 0.2) is 0 Å². The third-order valence-corrected chi connectivity index (χ3v) is 2.62. The number of rotatable bonds is 4. The first-order valence-electron chi connectivity index (χ1n) is 4.35. The van der Waals surface area contributed by atoms with Crippen LogP contribution in [0.1, 0.15) is 34.1 Å². The van der Waals surface area contributed by atoms with Crippen LogP contribution in [0.25, 0.3) is 0 Å². The fourth-order valence-corrected chi connectivity index (χ4v) is 1.03. The highest BCUT2D eigenvalue weighted by Gasteiger charge is 2.13. The minimum atomic E-state index is -0.0596. The average molecular weight is 232 g/mol. The third kappa shape index (κ3) is 5.62. The molecule has 0 bridgehead atoms. The molecule has 1 unspecified atom stereocenters. The Kier molecular flexibility index (Phi) is 5.61. The van der Waals surface area contributed by atoms with Gasteiger partial charge in [-0.05, 0) is 27.2 Å². The molecule has 70 valence electrons. The molecule has 0 fully saturated rings. The molecule has 0 amide bonds. The van der Waals surface area contributed by atoms with Gasteiger partial charge in [0.25, 0.3) is 0 Å². The van der Waals surface area contributed by atoms with Gasteiger partial charge >= 0.3 is 0 Å². The molecule has 12 heavy (non-hydrogen) atoms. The van der Waals surface area contributed by atoms with Gasteiger partial charge in [0.05, 0.1) is 5.54 Å². The summed E-state index contributed by atoms with van der Waals surface area (Å²) in [5.74, 6) is 6.04. The van der Waals surface area contributed by atoms with Crippen molar-refractivity contribution in [2.24, 2.45) is 0 Å². The Hall–Kier alpha value is 0. The van der Waals surface area contributed by atoms with Crippen molar-refractivity contribution >= 4 is 15.9 Å². The Morgan fingerprint density at radius 1 is 1.50 bits per heavy atom. The van der Waals surface area contributed by atoms with Crippen LogP contribution in [0.5, 0.6) is 0 Å². The fourth-order valence-electron chi connectivity index (χ4n) is 0.867. The second kappa shape index (κ2) is 5.61. The lowest BCUT2D eigenvalue weighted by Crippen LogP contribution is -2.40. The quantitative estimate of drug-likeness (QED) is 0.580. The average Bonchev–Trinajstić information content (AvgIpc) is 2.00. The smallest absolute Gasteiger partial charge is 0.0744 e. The van der Waals surface area contributed by atoms with Crippen molar-refractivity contribution in [3.05, 3.63) is 0 Å². The van der Waals surface area contributed by atoms with E-state index in [2.05, 4.69) is 53.9 Å². The molecule has 1 nitrogen and oxygen atoms in total. The van der Waals surface area contributed by atoms with Crippen LogP contribution in [0.2, 0.25) is 0 Å². The van der Waals surface area contributed by atoms with Gasteiger partial charge in [-0.15, -0.1) is 5.92 Å². The number of nitrogens with one attached hydrogen (secondary N) is 1. The predicted molar refractivity (Wildman–Crippen MR) is 58.5 cm³/mol. The molecule has 0 aliphatic carbocycles. The van der Waals surface area contributed by atoms with Crippen molar-refractivity contribution in [2.75, 3.05) is 6.54 Å². The summed E-state index contributed by atoms with van der Waals surface area (Å²) >= 11 is 3.57. The zero-order valence-electron chi connectivity index (χ0n) is 8.37. The summed E-state index contributed by atoms with van der Waals surface area (Å²) in [4.78, 5) is 0.551. The molecule has 0 saturated carbocycles. The Morgan fingerprint density at radius 2 is 2.08 bits per heavy atom. The van der Waals surface area contributed by atoms with Gasteiger partial charge in [0, 0.05) is 11.4 Å². The van der Waals surface area contributed by atoms with E-state index in [1.165, 1.54) is 0 Å². The number of hydrogen-bond donors (Lipinski definition) is 1. The second-order valence-corrected chi connectivity index (χ2v) is 4.68. The van der Waals surface area contributed by atoms with Crippen molar-refractivity contribution in [1.29, 1.82) is 0 Å². The predicted octanol–water partition coefficient (Wildman–Crippen LogP) is 2.55. The molecule has 0 heterocycles. The summed E-state index contributed by atoms with van der Waals surface area (Å²) in [5, 5.41) is 3.39. The summed E-state index contributed by atoms with van der Waals surface area (Å²) in [7, 11) is 0. The zero-order valence-corrected chi connectivity index (χ0v) is 9.96. The van der Waals surface area contributed by atoms with E-state index >= 15 is 0 Å². The molecule has 0 aromatic heterocycles. The molecule has 0 spiro atoms. The van der Waals surface area contributed by atoms with Crippen LogP contribution in [0.15, 0.2) is 0 Å². The molecule has 0 aliphatic rings. The minimum Gasteiger partial charge on any atom is -0.300 e. The fraction of sp³-hybridized carbons (Fsp3) is 0.800. The van der Waals surface area contributed by atoms with Gasteiger partial charge < -0.3 is 5.32 Å². The van der Waals surface area contributed by atoms with Crippen molar-refractivity contribution in [3.8, 4) is 11.8 Å². The highest BCUT2D eigenvalue weighted by atomic mass is 79.9. The molecule has 1 N–H and O–H groups in total. The number of halogens is 1. The van der Waals surface area contributed by atoms with Gasteiger partial charge in [-0.2, -0.15) is 0 Å². The minimum absolute atomic E-state index is 0.0596. The van der Waals surface area contributed by atoms with E-state index in [1.807, 2.05) is 6.92 Å². The van der Waals surface area contributed by atoms with Crippen LogP contribution in [-0.2, 0) is 0 Å². The van der Waals surface area contributed by atoms with Gasteiger partial charge in [-0.25, -0.2) is 0 Å². The Balaban J connectivity index is 3.80. The Morgan fingerprint density at radius 3 is 2.50 bits per heavy atom. The summed E-state index contributed by atoms with van der Waals surface area (Å²) in [6.45, 7) is 9.20. The third-order valence-electron chi connectivity index (χ3n) is 1.65. The molecule has 0 aromatic carbocycles. The van der Waals surface area contributed by atoms with Crippen molar-refractivity contribution in [2.45, 2.75) is 44.5 Å². The van der Waals surface area contributed by atoms with Gasteiger partial charge in [-0.1, -0.05) is 28.8 Å². The van der Waals surface area contributed by atoms with Gasteiger partial charge in [-0.3, -0.25) is 0 Å². The second-order valence-electron chi connectivity index (χ2n) is 3.39. The standard InChI is InChI=1S/C10H18BrN/c1-5-7-10(3,4)12-8-9(11)6-2/h9,12H,6,8H2,1-4H3. The van der Waals surface area contributed by atoms with Crippen LogP contribution in [0.3, 0.4) is 0 Å². The summed E-state index contributed by atoms with van der Waals surface area (Å²) in [6.07, 6.45) is 1.14. The van der Waals surface area contributed by atoms with Gasteiger partial charge in [0.1, 0.15) is 0 Å². The molecule has 0 aromatic rings. The van der Waals surface area contributed by atoms with Crippen LogP contribution < -0.4 is 5.32 Å². The van der Waals surface area contributed by atoms with Gasteiger partial charge in [0.2, 0.25) is 0 Å². The van der Waals surface area contributed by atoms with E-state index in [4.69, 9.17) is 0 Å². The monoisotopic (exact) mass is 231 g/mol. The van der Waals surface area contributed by atoms with Crippen molar-refractivity contribution in [1.82, 2.24) is 5.32 Å². The highest BCUT2D eigenvalue weighted by molar-refractivity contribution is 9.09. The molecule has 1 atom stereocenters. The largest absolute Gasteiger partial charge is 0.300 e. The topological polar surface area (TPSA) is 12.0 Å². The van der Waals surface area contributed by atoms with Crippen molar-refractivity contribution < 1.29 is 0 Å². The highest BCUT2D eigenvalue weighted by Crippen LogP contribution is 2.05. The number of hydrogen-bond acceptors (Lipinski definition) is 1. The molecular formula is C10H18BrN. The van der Waals surface area contributed by atoms with Crippen LogP contribution >= 0.6 is 15.9 Å². The van der Waals surface area contributed by atoms with Crippen LogP contribution in [0.4, 0.5) is 0 Å². The first-order valence-corrected chi connectivity index (χ1v) is 5.26. The van der Waals surface area contributed by atoms with E-state index in [9.17, 15) is 0 Å². The molecule has 0 aliphatic heterocycles. The van der Waals surface area contributed by atoms with E-state index in [0.29, 0.717) is 4.83 Å². The lowest BCUT2D eigenvalue weighted by Gasteiger charge is -2.21. The molecule has 0 saturated heterocycles. The zero-order chi connectivity index (χ0) is 9.61. The molecule has 0 rings (SSSR count). The summed E-state index contributed by atoms with van der Waals surface area (Å²) in [5.41, 5.74) is -0.0596. The van der Waals surface area contributed by atoms with Crippen LogP contribution in [0, 0.1) is 11.8 Å². The summed E-state index contributed by atoms with van der Waals surface area (Å²) in [6, 6.07) is 0.